The van der Waals surface area contributed by atoms with Crippen LogP contribution in [-0.2, 0) is 9.53 Å². The van der Waals surface area contributed by atoms with Crippen LogP contribution in [0.1, 0.15) is 92.9 Å². The molecule has 1 saturated carbocycles. The maximum Gasteiger partial charge on any atom is 0.258 e. The van der Waals surface area contributed by atoms with E-state index in [4.69, 9.17) is 9.47 Å². The summed E-state index contributed by atoms with van der Waals surface area (Å²) in [4.78, 5) is 43.9. The number of carbonyl (C=O) groups is 3. The number of nitrogens with one attached hydrogen (secondary N) is 1. The van der Waals surface area contributed by atoms with E-state index in [-0.39, 0.29) is 48.4 Å². The number of anilines is 1. The van der Waals surface area contributed by atoms with Gasteiger partial charge in [-0.2, -0.15) is 0 Å². The second-order valence-electron chi connectivity index (χ2n) is 12.9. The molecular weight excluding hydrogens is 570 g/mol. The number of carbonyl (C=O) groups excluding carboxylic acids is 3. The second-order valence-corrected chi connectivity index (χ2v) is 12.9. The summed E-state index contributed by atoms with van der Waals surface area (Å²) < 4.78 is 12.7. The lowest BCUT2D eigenvalue weighted by Crippen LogP contribution is -2.48. The Morgan fingerprint density at radius 2 is 1.73 bits per heavy atom. The first-order valence-electron chi connectivity index (χ1n) is 16.6. The van der Waals surface area contributed by atoms with Crippen molar-refractivity contribution in [3.8, 4) is 5.75 Å². The number of nitrogens with zero attached hydrogens (tertiary/aromatic N) is 2. The van der Waals surface area contributed by atoms with Gasteiger partial charge in [0, 0.05) is 49.8 Å². The molecular formula is C36H51N3O6. The lowest BCUT2D eigenvalue weighted by atomic mass is 9.88. The van der Waals surface area contributed by atoms with Gasteiger partial charge >= 0.3 is 0 Å². The van der Waals surface area contributed by atoms with Crippen molar-refractivity contribution in [2.45, 2.75) is 90.4 Å². The predicted molar refractivity (Wildman–Crippen MR) is 175 cm³/mol. The molecule has 0 unspecified atom stereocenters. The molecule has 1 fully saturated rings. The van der Waals surface area contributed by atoms with E-state index < -0.39 is 6.04 Å². The number of benzene rings is 2. The Hall–Kier alpha value is -3.43. The molecule has 9 heteroatoms. The molecule has 9 nitrogen and oxygen atoms in total. The molecule has 0 bridgehead atoms. The summed E-state index contributed by atoms with van der Waals surface area (Å²) in [5.74, 6) is -0.108. The summed E-state index contributed by atoms with van der Waals surface area (Å²) >= 11 is 0. The van der Waals surface area contributed by atoms with Crippen molar-refractivity contribution in [3.05, 3.63) is 59.7 Å². The third-order valence-electron chi connectivity index (χ3n) is 9.12. The van der Waals surface area contributed by atoms with E-state index >= 15 is 0 Å². The first-order chi connectivity index (χ1) is 21.7. The van der Waals surface area contributed by atoms with Crippen molar-refractivity contribution in [1.29, 1.82) is 0 Å². The minimum absolute atomic E-state index is 0.0133. The van der Waals surface area contributed by atoms with Crippen LogP contribution in [0.2, 0.25) is 0 Å². The third-order valence-corrected chi connectivity index (χ3v) is 9.12. The van der Waals surface area contributed by atoms with Crippen LogP contribution in [0.4, 0.5) is 5.69 Å². The van der Waals surface area contributed by atoms with Gasteiger partial charge in [-0.15, -0.1) is 0 Å². The van der Waals surface area contributed by atoms with Crippen LogP contribution in [0.15, 0.2) is 48.5 Å². The Morgan fingerprint density at radius 1 is 1.02 bits per heavy atom. The van der Waals surface area contributed by atoms with Crippen LogP contribution in [0, 0.1) is 11.8 Å². The maximum absolute atomic E-state index is 14.3. The molecule has 2 aliphatic rings. The molecule has 45 heavy (non-hydrogen) atoms. The number of rotatable bonds is 7. The fourth-order valence-electron chi connectivity index (χ4n) is 6.23. The molecule has 2 aromatic rings. The summed E-state index contributed by atoms with van der Waals surface area (Å²) in [5, 5.41) is 13.3. The molecule has 4 atom stereocenters. The highest BCUT2D eigenvalue weighted by atomic mass is 16.5. The highest BCUT2D eigenvalue weighted by Crippen LogP contribution is 2.30. The van der Waals surface area contributed by atoms with Crippen molar-refractivity contribution in [2.75, 3.05) is 38.7 Å². The van der Waals surface area contributed by atoms with Gasteiger partial charge in [-0.3, -0.25) is 14.4 Å². The number of aliphatic hydroxyl groups is 1. The standard InChI is InChI=1S/C36H51N3O6/c1-25-22-39(26(2)24-40)36(43)31-21-30(37-34(41)28-14-7-5-8-15-28)18-19-32(31)45-27(3)13-11-12-20-44-33(25)23-38(4)35(42)29-16-9-6-10-17-29/h6,9-10,16-19,21,25-28,33,40H,5,7-8,11-15,20,22-24H2,1-4H3,(H,37,41)/t25-,26-,27-,33-/m1/s1. The van der Waals surface area contributed by atoms with E-state index in [2.05, 4.69) is 5.32 Å². The number of ether oxygens (including phenoxy) is 2. The van der Waals surface area contributed by atoms with Gasteiger partial charge in [0.05, 0.1) is 30.4 Å². The van der Waals surface area contributed by atoms with Crippen LogP contribution >= 0.6 is 0 Å². The minimum atomic E-state index is -0.483. The Kier molecular flexibility index (Phi) is 12.8. The molecule has 1 aliphatic carbocycles. The quantitative estimate of drug-likeness (QED) is 0.406. The molecule has 4 rings (SSSR count). The van der Waals surface area contributed by atoms with Crippen molar-refractivity contribution < 1.29 is 29.0 Å². The van der Waals surface area contributed by atoms with Crippen LogP contribution < -0.4 is 10.1 Å². The van der Waals surface area contributed by atoms with E-state index in [1.807, 2.05) is 39.0 Å². The number of hydrogen-bond acceptors (Lipinski definition) is 6. The number of hydrogen-bond donors (Lipinski definition) is 2. The molecule has 0 saturated heterocycles. The van der Waals surface area contributed by atoms with Gasteiger partial charge < -0.3 is 29.7 Å². The lowest BCUT2D eigenvalue weighted by molar-refractivity contribution is -0.120. The minimum Gasteiger partial charge on any atom is -0.490 e. The average Bonchev–Trinajstić information content (AvgIpc) is 3.06. The van der Waals surface area contributed by atoms with Gasteiger partial charge in [-0.05, 0) is 76.3 Å². The van der Waals surface area contributed by atoms with Crippen LogP contribution in [0.3, 0.4) is 0 Å². The van der Waals surface area contributed by atoms with Crippen molar-refractivity contribution >= 4 is 23.4 Å². The number of fused-ring (bicyclic) bond motifs is 1. The number of likely N-dealkylation sites (N-methyl/N-ethyl adjacent to an activating group) is 1. The SMILES string of the molecule is C[C@@H]1CCCCO[C@H](CN(C)C(=O)c2ccccc2)[C@H](C)CN([C@H](C)CO)C(=O)c2cc(NC(=O)C3CCCCC3)ccc2O1. The normalized spacial score (nSPS) is 22.8. The largest absolute Gasteiger partial charge is 0.490 e. The van der Waals surface area contributed by atoms with Crippen molar-refractivity contribution in [2.24, 2.45) is 11.8 Å². The molecule has 0 radical (unpaired) electrons. The van der Waals surface area contributed by atoms with E-state index in [1.54, 1.807) is 47.2 Å². The summed E-state index contributed by atoms with van der Waals surface area (Å²) in [5.41, 5.74) is 1.51. The first kappa shape index (κ1) is 34.4. The Labute approximate surface area is 268 Å². The zero-order valence-corrected chi connectivity index (χ0v) is 27.4. The zero-order chi connectivity index (χ0) is 32.3. The van der Waals surface area contributed by atoms with E-state index in [0.717, 1.165) is 51.4 Å². The van der Waals surface area contributed by atoms with Gasteiger partial charge in [-0.1, -0.05) is 44.4 Å². The Morgan fingerprint density at radius 3 is 2.44 bits per heavy atom. The molecule has 2 N–H and O–H groups in total. The summed E-state index contributed by atoms with van der Waals surface area (Å²) in [6, 6.07) is 14.0. The third kappa shape index (κ3) is 9.53. The van der Waals surface area contributed by atoms with Gasteiger partial charge in [0.15, 0.2) is 0 Å². The molecule has 3 amide bonds. The van der Waals surface area contributed by atoms with Crippen LogP contribution in [0.5, 0.6) is 5.75 Å². The Balaban J connectivity index is 1.61. The Bertz CT molecular complexity index is 1260. The van der Waals surface area contributed by atoms with Gasteiger partial charge in [-0.25, -0.2) is 0 Å². The highest BCUT2D eigenvalue weighted by Gasteiger charge is 2.31. The monoisotopic (exact) mass is 621 g/mol. The first-order valence-corrected chi connectivity index (χ1v) is 16.6. The summed E-state index contributed by atoms with van der Waals surface area (Å²) in [6.45, 7) is 6.78. The average molecular weight is 622 g/mol. The molecule has 246 valence electrons. The topological polar surface area (TPSA) is 108 Å². The fourth-order valence-corrected chi connectivity index (χ4v) is 6.23. The van der Waals surface area contributed by atoms with Gasteiger partial charge in [0.2, 0.25) is 5.91 Å². The fraction of sp³-hybridized carbons (Fsp3) is 0.583. The van der Waals surface area contributed by atoms with E-state index in [9.17, 15) is 19.5 Å². The molecule has 2 aromatic carbocycles. The molecule has 0 aromatic heterocycles. The lowest BCUT2D eigenvalue weighted by Gasteiger charge is -2.36. The molecule has 1 aliphatic heterocycles. The van der Waals surface area contributed by atoms with E-state index in [1.165, 1.54) is 0 Å². The summed E-state index contributed by atoms with van der Waals surface area (Å²) in [7, 11) is 1.77. The molecule has 0 spiro atoms. The number of aliphatic hydroxyl groups excluding tert-OH is 1. The molecule has 1 heterocycles. The highest BCUT2D eigenvalue weighted by molar-refractivity contribution is 6.00. The van der Waals surface area contributed by atoms with Gasteiger partial charge in [0.25, 0.3) is 11.8 Å². The van der Waals surface area contributed by atoms with Crippen LogP contribution in [-0.4, -0.2) is 84.2 Å². The maximum atomic E-state index is 14.3. The number of amides is 3. The summed E-state index contributed by atoms with van der Waals surface area (Å²) in [6.07, 6.45) is 7.05. The van der Waals surface area contributed by atoms with Crippen LogP contribution in [0.25, 0.3) is 0 Å². The van der Waals surface area contributed by atoms with Crippen molar-refractivity contribution in [1.82, 2.24) is 9.80 Å². The van der Waals surface area contributed by atoms with E-state index in [0.29, 0.717) is 42.3 Å². The van der Waals surface area contributed by atoms with Crippen molar-refractivity contribution in [3.63, 3.8) is 0 Å². The zero-order valence-electron chi connectivity index (χ0n) is 27.4. The predicted octanol–water partition coefficient (Wildman–Crippen LogP) is 5.77. The van der Waals surface area contributed by atoms with Gasteiger partial charge in [0.1, 0.15) is 5.75 Å². The second kappa shape index (κ2) is 16.8. The smallest absolute Gasteiger partial charge is 0.258 e.